The second-order valence-electron chi connectivity index (χ2n) is 8.63. The average molecular weight is 490 g/mol. The standard InChI is InChI=1S/C23H25F3N6O3/c1-34-7-6-30-5-3-4-15(12-30)32-19-10-17(23(24,25)26)16(9-18(19)29-22(32)33)14-8-20(35-2)21-27-13-28-31(21)11-14/h8-11,13,15H,3-7,12H2,1-2H3,(H,29,33). The molecule has 1 fully saturated rings. The zero-order chi connectivity index (χ0) is 24.7. The van der Waals surface area contributed by atoms with Crippen LogP contribution in [-0.4, -0.2) is 69.5 Å². The van der Waals surface area contributed by atoms with Crippen molar-refractivity contribution >= 4 is 16.7 Å². The van der Waals surface area contributed by atoms with Crippen LogP contribution < -0.4 is 10.4 Å². The average Bonchev–Trinajstić information content (AvgIpc) is 3.44. The van der Waals surface area contributed by atoms with Crippen molar-refractivity contribution in [2.45, 2.75) is 25.1 Å². The molecule has 12 heteroatoms. The lowest BCUT2D eigenvalue weighted by Crippen LogP contribution is -2.40. The number of benzene rings is 1. The highest BCUT2D eigenvalue weighted by Gasteiger charge is 2.36. The van der Waals surface area contributed by atoms with Gasteiger partial charge in [-0.1, -0.05) is 0 Å². The van der Waals surface area contributed by atoms with Gasteiger partial charge in [-0.15, -0.1) is 0 Å². The minimum absolute atomic E-state index is 0.0838. The van der Waals surface area contributed by atoms with Crippen LogP contribution in [0.1, 0.15) is 24.4 Å². The Hall–Kier alpha value is -3.38. The zero-order valence-corrected chi connectivity index (χ0v) is 19.3. The number of hydrogen-bond donors (Lipinski definition) is 1. The summed E-state index contributed by atoms with van der Waals surface area (Å²) >= 11 is 0. The van der Waals surface area contributed by atoms with Gasteiger partial charge in [0.25, 0.3) is 0 Å². The van der Waals surface area contributed by atoms with Crippen LogP contribution in [-0.2, 0) is 10.9 Å². The van der Waals surface area contributed by atoms with Gasteiger partial charge in [0.15, 0.2) is 11.4 Å². The summed E-state index contributed by atoms with van der Waals surface area (Å²) in [6.07, 6.45) is -0.337. The largest absolute Gasteiger partial charge is 0.493 e. The number of rotatable bonds is 6. The molecule has 1 aliphatic heterocycles. The maximum absolute atomic E-state index is 14.3. The molecule has 186 valence electrons. The predicted octanol–water partition coefficient (Wildman–Crippen LogP) is 3.35. The van der Waals surface area contributed by atoms with Crippen LogP contribution in [0.4, 0.5) is 13.2 Å². The van der Waals surface area contributed by atoms with Crippen LogP contribution in [0.2, 0.25) is 0 Å². The second-order valence-corrected chi connectivity index (χ2v) is 8.63. The third kappa shape index (κ3) is 4.27. The number of nitrogens with zero attached hydrogens (tertiary/aromatic N) is 5. The first-order chi connectivity index (χ1) is 16.8. The van der Waals surface area contributed by atoms with Gasteiger partial charge in [0.05, 0.1) is 36.4 Å². The lowest BCUT2D eigenvalue weighted by atomic mass is 9.99. The van der Waals surface area contributed by atoms with E-state index in [1.807, 2.05) is 0 Å². The fourth-order valence-corrected chi connectivity index (χ4v) is 4.87. The van der Waals surface area contributed by atoms with Crippen LogP contribution in [0.15, 0.2) is 35.5 Å². The number of halogens is 3. The Morgan fingerprint density at radius 1 is 1.23 bits per heavy atom. The van der Waals surface area contributed by atoms with Crippen molar-refractivity contribution < 1.29 is 22.6 Å². The summed E-state index contributed by atoms with van der Waals surface area (Å²) in [6.45, 7) is 2.69. The Bertz CT molecular complexity index is 1420. The van der Waals surface area contributed by atoms with Gasteiger partial charge < -0.3 is 14.5 Å². The predicted molar refractivity (Wildman–Crippen MR) is 123 cm³/mol. The van der Waals surface area contributed by atoms with Gasteiger partial charge in [0, 0.05) is 32.0 Å². The molecular formula is C23H25F3N6O3. The van der Waals surface area contributed by atoms with Gasteiger partial charge in [-0.3, -0.25) is 9.47 Å². The second kappa shape index (κ2) is 9.00. The van der Waals surface area contributed by atoms with E-state index < -0.39 is 17.4 Å². The lowest BCUT2D eigenvalue weighted by Gasteiger charge is -2.33. The fourth-order valence-electron chi connectivity index (χ4n) is 4.87. The molecule has 1 saturated heterocycles. The first kappa shape index (κ1) is 23.4. The number of pyridine rings is 1. The fraction of sp³-hybridized carbons (Fsp3) is 0.435. The third-order valence-electron chi connectivity index (χ3n) is 6.49. The molecule has 0 spiro atoms. The molecule has 1 N–H and O–H groups in total. The molecule has 4 heterocycles. The van der Waals surface area contributed by atoms with E-state index in [0.29, 0.717) is 37.3 Å². The number of fused-ring (bicyclic) bond motifs is 2. The topological polar surface area (TPSA) is 89.7 Å². The molecule has 0 aliphatic carbocycles. The highest BCUT2D eigenvalue weighted by atomic mass is 19.4. The highest BCUT2D eigenvalue weighted by molar-refractivity contribution is 5.85. The van der Waals surface area contributed by atoms with Crippen molar-refractivity contribution in [2.75, 3.05) is 40.5 Å². The number of piperidine rings is 1. The number of imidazole rings is 1. The Labute approximate surface area is 198 Å². The molecule has 0 radical (unpaired) electrons. The molecule has 1 aromatic carbocycles. The third-order valence-corrected chi connectivity index (χ3v) is 6.49. The van der Waals surface area contributed by atoms with E-state index in [9.17, 15) is 18.0 Å². The van der Waals surface area contributed by atoms with E-state index in [4.69, 9.17) is 9.47 Å². The number of ether oxygens (including phenoxy) is 2. The summed E-state index contributed by atoms with van der Waals surface area (Å²) in [5.41, 5.74) is -0.144. The van der Waals surface area contributed by atoms with Crippen molar-refractivity contribution in [3.05, 3.63) is 46.8 Å². The van der Waals surface area contributed by atoms with Crippen molar-refractivity contribution in [3.63, 3.8) is 0 Å². The number of aromatic nitrogens is 5. The Kier molecular flexibility index (Phi) is 6.01. The Morgan fingerprint density at radius 3 is 2.80 bits per heavy atom. The lowest BCUT2D eigenvalue weighted by molar-refractivity contribution is -0.137. The quantitative estimate of drug-likeness (QED) is 0.446. The first-order valence-electron chi connectivity index (χ1n) is 11.2. The van der Waals surface area contributed by atoms with Crippen molar-refractivity contribution in [2.24, 2.45) is 0 Å². The van der Waals surface area contributed by atoms with Crippen LogP contribution in [0.5, 0.6) is 5.75 Å². The Morgan fingerprint density at radius 2 is 2.06 bits per heavy atom. The molecule has 1 unspecified atom stereocenters. The molecule has 4 aromatic rings. The minimum Gasteiger partial charge on any atom is -0.493 e. The zero-order valence-electron chi connectivity index (χ0n) is 19.3. The van der Waals surface area contributed by atoms with Crippen molar-refractivity contribution in [1.29, 1.82) is 0 Å². The summed E-state index contributed by atoms with van der Waals surface area (Å²) in [4.78, 5) is 22.0. The number of hydrogen-bond acceptors (Lipinski definition) is 6. The normalized spacial score (nSPS) is 17.5. The van der Waals surface area contributed by atoms with Crippen LogP contribution in [0, 0.1) is 0 Å². The van der Waals surface area contributed by atoms with Crippen LogP contribution in [0.25, 0.3) is 27.8 Å². The van der Waals surface area contributed by atoms with Gasteiger partial charge in [-0.2, -0.15) is 18.3 Å². The van der Waals surface area contributed by atoms with E-state index in [1.165, 1.54) is 40.8 Å². The molecule has 5 rings (SSSR count). The molecular weight excluding hydrogens is 465 g/mol. The summed E-state index contributed by atoms with van der Waals surface area (Å²) in [7, 11) is 3.04. The maximum atomic E-state index is 14.3. The molecule has 3 aromatic heterocycles. The van der Waals surface area contributed by atoms with Gasteiger partial charge in [-0.05, 0) is 43.1 Å². The summed E-state index contributed by atoms with van der Waals surface area (Å²) < 4.78 is 56.2. The minimum atomic E-state index is -4.65. The van der Waals surface area contributed by atoms with E-state index in [-0.39, 0.29) is 28.4 Å². The van der Waals surface area contributed by atoms with Gasteiger partial charge in [-0.25, -0.2) is 14.3 Å². The molecule has 35 heavy (non-hydrogen) atoms. The smallest absolute Gasteiger partial charge is 0.417 e. The number of likely N-dealkylation sites (tertiary alicyclic amines) is 1. The molecule has 0 amide bonds. The summed E-state index contributed by atoms with van der Waals surface area (Å²) in [5.74, 6) is 0.289. The number of aromatic amines is 1. The number of methoxy groups -OCH3 is 2. The van der Waals surface area contributed by atoms with E-state index in [2.05, 4.69) is 20.0 Å². The number of alkyl halides is 3. The van der Waals surface area contributed by atoms with Crippen LogP contribution >= 0.6 is 0 Å². The maximum Gasteiger partial charge on any atom is 0.417 e. The van der Waals surface area contributed by atoms with Crippen molar-refractivity contribution in [1.82, 2.24) is 29.0 Å². The molecule has 1 aliphatic rings. The van der Waals surface area contributed by atoms with Gasteiger partial charge in [0.1, 0.15) is 6.33 Å². The van der Waals surface area contributed by atoms with Gasteiger partial charge >= 0.3 is 11.9 Å². The van der Waals surface area contributed by atoms with E-state index >= 15 is 0 Å². The van der Waals surface area contributed by atoms with Gasteiger partial charge in [0.2, 0.25) is 0 Å². The summed E-state index contributed by atoms with van der Waals surface area (Å²) in [5, 5.41) is 4.04. The molecule has 0 bridgehead atoms. The first-order valence-corrected chi connectivity index (χ1v) is 11.2. The number of H-pyrrole nitrogens is 1. The molecule has 1 atom stereocenters. The molecule has 9 nitrogen and oxygen atoms in total. The highest BCUT2D eigenvalue weighted by Crippen LogP contribution is 2.40. The van der Waals surface area contributed by atoms with E-state index in [1.54, 1.807) is 7.11 Å². The van der Waals surface area contributed by atoms with Crippen LogP contribution in [0.3, 0.4) is 0 Å². The SMILES string of the molecule is COCCN1CCCC(n2c(=O)[nH]c3cc(-c4cc(OC)c5ncnn5c4)c(C(F)(F)F)cc32)C1. The van der Waals surface area contributed by atoms with E-state index in [0.717, 1.165) is 19.0 Å². The number of nitrogens with one attached hydrogen (secondary N) is 1. The summed E-state index contributed by atoms with van der Waals surface area (Å²) in [6, 6.07) is 3.69. The molecule has 0 saturated carbocycles. The monoisotopic (exact) mass is 490 g/mol. The van der Waals surface area contributed by atoms with Crippen molar-refractivity contribution in [3.8, 4) is 16.9 Å². The Balaban J connectivity index is 1.65.